The predicted octanol–water partition coefficient (Wildman–Crippen LogP) is 3.85. The topological polar surface area (TPSA) is 110 Å². The molecule has 0 unspecified atom stereocenters. The van der Waals surface area contributed by atoms with Gasteiger partial charge in [-0.15, -0.1) is 10.2 Å². The van der Waals surface area contributed by atoms with E-state index in [2.05, 4.69) is 30.4 Å². The lowest BCUT2D eigenvalue weighted by atomic mass is 10.0. The molecule has 1 aromatic carbocycles. The quantitative estimate of drug-likeness (QED) is 0.317. The van der Waals surface area contributed by atoms with Crippen molar-refractivity contribution in [3.05, 3.63) is 66.2 Å². The summed E-state index contributed by atoms with van der Waals surface area (Å²) in [5.41, 5.74) is 1.94. The van der Waals surface area contributed by atoms with Crippen molar-refractivity contribution in [2.75, 3.05) is 43.1 Å². The molecule has 0 bridgehead atoms. The Morgan fingerprint density at radius 3 is 2.62 bits per heavy atom. The highest BCUT2D eigenvalue weighted by Gasteiger charge is 2.20. The monoisotopic (exact) mass is 539 g/mol. The zero-order valence-corrected chi connectivity index (χ0v) is 20.9. The maximum atomic E-state index is 15.4. The molecule has 0 saturated carbocycles. The molecule has 0 radical (unpaired) electrons. The van der Waals surface area contributed by atoms with Crippen LogP contribution in [0.4, 0.5) is 24.7 Å². The number of alkyl halides is 2. The molecular formula is C26H24F3N7O3. The second kappa shape index (κ2) is 11.5. The van der Waals surface area contributed by atoms with E-state index in [-0.39, 0.29) is 18.1 Å². The lowest BCUT2D eigenvalue weighted by Gasteiger charge is -2.28. The number of carbonyl (C=O) groups excluding carboxylic acids is 1. The van der Waals surface area contributed by atoms with Crippen molar-refractivity contribution in [3.63, 3.8) is 0 Å². The summed E-state index contributed by atoms with van der Waals surface area (Å²) in [5, 5.41) is 10.2. The van der Waals surface area contributed by atoms with Crippen molar-refractivity contribution < 1.29 is 27.1 Å². The summed E-state index contributed by atoms with van der Waals surface area (Å²) in [4.78, 5) is 24.1. The zero-order valence-electron chi connectivity index (χ0n) is 20.9. The average Bonchev–Trinajstić information content (AvgIpc) is 3.48. The number of halogens is 3. The Morgan fingerprint density at radius 1 is 1.13 bits per heavy atom. The predicted molar refractivity (Wildman–Crippen MR) is 136 cm³/mol. The minimum atomic E-state index is -2.88. The maximum Gasteiger partial charge on any atom is 0.314 e. The van der Waals surface area contributed by atoms with Crippen LogP contribution < -0.4 is 19.9 Å². The number of aromatic nitrogens is 4. The molecule has 4 aromatic rings. The van der Waals surface area contributed by atoms with E-state index in [1.165, 1.54) is 24.3 Å². The lowest BCUT2D eigenvalue weighted by molar-refractivity contribution is -0.107. The summed E-state index contributed by atoms with van der Waals surface area (Å²) >= 11 is 0. The van der Waals surface area contributed by atoms with Gasteiger partial charge in [-0.05, 0) is 35.9 Å². The van der Waals surface area contributed by atoms with Crippen LogP contribution in [-0.2, 0) is 11.3 Å². The van der Waals surface area contributed by atoms with E-state index in [9.17, 15) is 13.6 Å². The minimum Gasteiger partial charge on any atom is -0.495 e. The van der Waals surface area contributed by atoms with Gasteiger partial charge in [-0.2, -0.15) is 8.78 Å². The average molecular weight is 540 g/mol. The van der Waals surface area contributed by atoms with E-state index in [0.29, 0.717) is 34.5 Å². The van der Waals surface area contributed by atoms with Crippen molar-refractivity contribution in [3.8, 4) is 28.3 Å². The Kier molecular flexibility index (Phi) is 7.68. The first-order valence-corrected chi connectivity index (χ1v) is 12.0. The molecule has 1 fully saturated rings. The molecule has 3 aromatic heterocycles. The molecule has 1 aliphatic heterocycles. The number of rotatable bonds is 9. The SMILES string of the molecule is COc1cc(-c2ccnc(N3CCNCC3)c2)c(F)cc1N(C=O)Cc1ccc(-c2nnc(C(F)F)o2)cn1. The number of nitrogens with zero attached hydrogens (tertiary/aromatic N) is 6. The van der Waals surface area contributed by atoms with Gasteiger partial charge >= 0.3 is 6.43 Å². The van der Waals surface area contributed by atoms with Crippen LogP contribution in [-0.4, -0.2) is 59.9 Å². The van der Waals surface area contributed by atoms with Crippen molar-refractivity contribution in [2.24, 2.45) is 0 Å². The molecule has 202 valence electrons. The molecule has 10 nitrogen and oxygen atoms in total. The number of carbonyl (C=O) groups is 1. The third-order valence-electron chi connectivity index (χ3n) is 6.23. The van der Waals surface area contributed by atoms with Crippen LogP contribution in [0.25, 0.3) is 22.6 Å². The first kappa shape index (κ1) is 26.1. The summed E-state index contributed by atoms with van der Waals surface area (Å²) < 4.78 is 51.3. The molecule has 4 heterocycles. The zero-order chi connectivity index (χ0) is 27.4. The molecule has 0 aliphatic carbocycles. The highest BCUT2D eigenvalue weighted by Crippen LogP contribution is 2.36. The summed E-state index contributed by atoms with van der Waals surface area (Å²) in [6.45, 7) is 3.29. The van der Waals surface area contributed by atoms with Gasteiger partial charge in [0.2, 0.25) is 12.3 Å². The van der Waals surface area contributed by atoms with Gasteiger partial charge in [-0.3, -0.25) is 9.78 Å². The first-order chi connectivity index (χ1) is 19.0. The molecule has 0 atom stereocenters. The Bertz CT molecular complexity index is 1440. The number of ether oxygens (including phenoxy) is 1. The number of benzene rings is 1. The highest BCUT2D eigenvalue weighted by atomic mass is 19.3. The van der Waals surface area contributed by atoms with Crippen molar-refractivity contribution in [1.29, 1.82) is 0 Å². The molecule has 1 saturated heterocycles. The lowest BCUT2D eigenvalue weighted by Crippen LogP contribution is -2.43. The minimum absolute atomic E-state index is 0.00650. The third-order valence-corrected chi connectivity index (χ3v) is 6.23. The molecule has 1 N–H and O–H groups in total. The van der Waals surface area contributed by atoms with Gasteiger partial charge < -0.3 is 24.3 Å². The molecule has 5 rings (SSSR count). The van der Waals surface area contributed by atoms with Crippen LogP contribution in [0.5, 0.6) is 5.75 Å². The van der Waals surface area contributed by atoms with Crippen LogP contribution in [0.2, 0.25) is 0 Å². The van der Waals surface area contributed by atoms with E-state index in [1.54, 1.807) is 30.5 Å². The Hall–Kier alpha value is -4.52. The van der Waals surface area contributed by atoms with E-state index in [4.69, 9.17) is 9.15 Å². The van der Waals surface area contributed by atoms with Crippen LogP contribution >= 0.6 is 0 Å². The fourth-order valence-electron chi connectivity index (χ4n) is 4.24. The van der Waals surface area contributed by atoms with E-state index in [1.807, 2.05) is 6.07 Å². The number of anilines is 2. The van der Waals surface area contributed by atoms with Crippen molar-refractivity contribution in [2.45, 2.75) is 13.0 Å². The van der Waals surface area contributed by atoms with Gasteiger partial charge in [-0.1, -0.05) is 0 Å². The van der Waals surface area contributed by atoms with Gasteiger partial charge in [0.25, 0.3) is 5.89 Å². The second-order valence-corrected chi connectivity index (χ2v) is 8.66. The second-order valence-electron chi connectivity index (χ2n) is 8.66. The Labute approximate surface area is 221 Å². The van der Waals surface area contributed by atoms with E-state index < -0.39 is 18.1 Å². The fourth-order valence-corrected chi connectivity index (χ4v) is 4.24. The van der Waals surface area contributed by atoms with Crippen LogP contribution in [0.15, 0.2) is 53.2 Å². The molecule has 0 spiro atoms. The van der Waals surface area contributed by atoms with Gasteiger partial charge in [-0.25, -0.2) is 9.37 Å². The van der Waals surface area contributed by atoms with Crippen molar-refractivity contribution >= 4 is 17.9 Å². The van der Waals surface area contributed by atoms with Gasteiger partial charge in [0.15, 0.2) is 0 Å². The molecule has 1 amide bonds. The number of nitrogens with one attached hydrogen (secondary N) is 1. The summed E-state index contributed by atoms with van der Waals surface area (Å²) in [7, 11) is 1.44. The maximum absolute atomic E-state index is 15.4. The molecule has 13 heteroatoms. The van der Waals surface area contributed by atoms with Crippen molar-refractivity contribution in [1.82, 2.24) is 25.5 Å². The number of pyridine rings is 2. The van der Waals surface area contributed by atoms with E-state index >= 15 is 4.39 Å². The number of hydrogen-bond acceptors (Lipinski definition) is 9. The molecule has 39 heavy (non-hydrogen) atoms. The Morgan fingerprint density at radius 2 is 1.95 bits per heavy atom. The number of piperazine rings is 1. The fraction of sp³-hybridized carbons (Fsp3) is 0.269. The summed E-state index contributed by atoms with van der Waals surface area (Å²) in [6.07, 6.45) is 0.673. The first-order valence-electron chi connectivity index (χ1n) is 12.0. The van der Waals surface area contributed by atoms with Crippen LogP contribution in [0, 0.1) is 5.82 Å². The van der Waals surface area contributed by atoms with Gasteiger partial charge in [0.05, 0.1) is 30.6 Å². The summed E-state index contributed by atoms with van der Waals surface area (Å²) in [5.74, 6) is -0.380. The van der Waals surface area contributed by atoms with Crippen LogP contribution in [0.1, 0.15) is 18.0 Å². The van der Waals surface area contributed by atoms with Gasteiger partial charge in [0, 0.05) is 50.2 Å². The number of methoxy groups -OCH3 is 1. The molecular weight excluding hydrogens is 515 g/mol. The largest absolute Gasteiger partial charge is 0.495 e. The smallest absolute Gasteiger partial charge is 0.314 e. The number of amides is 1. The summed E-state index contributed by atoms with van der Waals surface area (Å²) in [6, 6.07) is 9.47. The number of hydrogen-bond donors (Lipinski definition) is 1. The Balaban J connectivity index is 1.38. The van der Waals surface area contributed by atoms with Gasteiger partial charge in [0.1, 0.15) is 17.4 Å². The van der Waals surface area contributed by atoms with E-state index in [0.717, 1.165) is 32.0 Å². The standard InChI is InChI=1S/C26H24F3N7O3/c1-38-22-11-19(16-4-5-31-23(10-16)35-8-6-30-7-9-35)20(27)12-21(22)36(15-37)14-18-3-2-17(13-32-18)25-33-34-26(39-25)24(28)29/h2-5,10-13,15,24,30H,6-9,14H2,1H3. The molecule has 1 aliphatic rings. The highest BCUT2D eigenvalue weighted by molar-refractivity contribution is 5.82. The normalized spacial score (nSPS) is 13.5. The third kappa shape index (κ3) is 5.67. The van der Waals surface area contributed by atoms with Crippen LogP contribution in [0.3, 0.4) is 0 Å².